The van der Waals surface area contributed by atoms with Crippen LogP contribution in [0.25, 0.3) is 0 Å². The predicted molar refractivity (Wildman–Crippen MR) is 75.3 cm³/mol. The van der Waals surface area contributed by atoms with Gasteiger partial charge < -0.3 is 9.80 Å². The van der Waals surface area contributed by atoms with Crippen LogP contribution in [0.4, 0.5) is 0 Å². The van der Waals surface area contributed by atoms with E-state index in [2.05, 4.69) is 0 Å². The molecule has 2 aliphatic rings. The maximum Gasteiger partial charge on any atom is 0.225 e. The molecule has 6 heteroatoms. The van der Waals surface area contributed by atoms with Crippen LogP contribution in [0, 0.1) is 0 Å². The third-order valence-corrected chi connectivity index (χ3v) is 3.91. The van der Waals surface area contributed by atoms with Crippen molar-refractivity contribution in [2.45, 2.75) is 32.4 Å². The fraction of sp³-hybridized carbons (Fsp3) is 0.467. The molecule has 0 aliphatic carbocycles. The summed E-state index contributed by atoms with van der Waals surface area (Å²) in [5.41, 5.74) is 0. The van der Waals surface area contributed by atoms with Crippen LogP contribution in [0.2, 0.25) is 0 Å². The summed E-state index contributed by atoms with van der Waals surface area (Å²) in [6, 6.07) is -0.889. The van der Waals surface area contributed by atoms with Gasteiger partial charge in [-0.1, -0.05) is 0 Å². The normalized spacial score (nSPS) is 26.0. The summed E-state index contributed by atoms with van der Waals surface area (Å²) >= 11 is 0. The zero-order chi connectivity index (χ0) is 15.6. The van der Waals surface area contributed by atoms with Crippen LogP contribution in [0.15, 0.2) is 24.6 Å². The lowest BCUT2D eigenvalue weighted by molar-refractivity contribution is -0.137. The zero-order valence-electron chi connectivity index (χ0n) is 12.1. The lowest BCUT2D eigenvalue weighted by Gasteiger charge is -2.32. The van der Waals surface area contributed by atoms with Crippen LogP contribution in [0.1, 0.15) is 20.3 Å². The predicted octanol–water partition coefficient (Wildman–Crippen LogP) is 0.0885. The fourth-order valence-corrected chi connectivity index (χ4v) is 2.43. The van der Waals surface area contributed by atoms with Gasteiger partial charge in [0.25, 0.3) is 0 Å². The Morgan fingerprint density at radius 2 is 1.19 bits per heavy atom. The molecular weight excluding hydrogens is 272 g/mol. The molecule has 0 N–H and O–H groups in total. The second-order valence-electron chi connectivity index (χ2n) is 5.27. The van der Waals surface area contributed by atoms with Gasteiger partial charge in [0.2, 0.25) is 23.1 Å². The molecule has 112 valence electrons. The number of nitrogens with zero attached hydrogens (tertiary/aromatic N) is 2. The highest BCUT2D eigenvalue weighted by atomic mass is 16.2. The molecular formula is C15H18N2O4. The first-order valence-corrected chi connectivity index (χ1v) is 6.96. The van der Waals surface area contributed by atoms with Crippen LogP contribution in [0.3, 0.4) is 0 Å². The minimum absolute atomic E-state index is 0.399. The molecule has 0 saturated carbocycles. The monoisotopic (exact) mass is 290 g/mol. The Morgan fingerprint density at radius 3 is 1.57 bits per heavy atom. The molecule has 21 heavy (non-hydrogen) atoms. The van der Waals surface area contributed by atoms with E-state index < -0.39 is 35.2 Å². The van der Waals surface area contributed by atoms with E-state index in [0.29, 0.717) is 19.5 Å². The second kappa shape index (κ2) is 6.03. The summed E-state index contributed by atoms with van der Waals surface area (Å²) in [5, 5.41) is 0. The Bertz CT molecular complexity index is 502. The number of hydrogen-bond acceptors (Lipinski definition) is 6. The summed E-state index contributed by atoms with van der Waals surface area (Å²) < 4.78 is 0. The molecule has 2 rings (SSSR count). The largest absolute Gasteiger partial charge is 0.367 e. The average molecular weight is 290 g/mol. The maximum atomic E-state index is 11.6. The van der Waals surface area contributed by atoms with Crippen molar-refractivity contribution in [3.63, 3.8) is 0 Å². The topological polar surface area (TPSA) is 74.8 Å². The van der Waals surface area contributed by atoms with Crippen molar-refractivity contribution in [2.24, 2.45) is 0 Å². The van der Waals surface area contributed by atoms with Crippen molar-refractivity contribution in [1.29, 1.82) is 0 Å². The summed E-state index contributed by atoms with van der Waals surface area (Å²) in [4.78, 5) is 49.3. The fourth-order valence-electron chi connectivity index (χ4n) is 2.43. The smallest absolute Gasteiger partial charge is 0.225 e. The van der Waals surface area contributed by atoms with Crippen molar-refractivity contribution in [2.75, 3.05) is 13.1 Å². The van der Waals surface area contributed by atoms with Crippen LogP contribution in [-0.2, 0) is 19.2 Å². The highest BCUT2D eigenvalue weighted by molar-refractivity contribution is 6.44. The first-order valence-electron chi connectivity index (χ1n) is 6.96. The first-order chi connectivity index (χ1) is 9.91. The summed E-state index contributed by atoms with van der Waals surface area (Å²) in [6.07, 6.45) is 6.56. The van der Waals surface area contributed by atoms with Crippen LogP contribution in [-0.4, -0.2) is 58.1 Å². The summed E-state index contributed by atoms with van der Waals surface area (Å²) in [6.45, 7) is 4.62. The Kier molecular flexibility index (Phi) is 4.35. The van der Waals surface area contributed by atoms with Crippen molar-refractivity contribution < 1.29 is 19.2 Å². The lowest BCUT2D eigenvalue weighted by Crippen LogP contribution is -2.45. The number of hydrogen-bond donors (Lipinski definition) is 0. The lowest BCUT2D eigenvalue weighted by atomic mass is 10.0. The van der Waals surface area contributed by atoms with Crippen LogP contribution >= 0.6 is 0 Å². The van der Waals surface area contributed by atoms with Crippen LogP contribution < -0.4 is 0 Å². The van der Waals surface area contributed by atoms with E-state index in [-0.39, 0.29) is 0 Å². The van der Waals surface area contributed by atoms with Crippen molar-refractivity contribution >= 4 is 23.1 Å². The van der Waals surface area contributed by atoms with E-state index in [0.717, 1.165) is 0 Å². The van der Waals surface area contributed by atoms with Crippen LogP contribution in [0.5, 0.6) is 0 Å². The van der Waals surface area contributed by atoms with Gasteiger partial charge in [0.05, 0.1) is 12.1 Å². The quantitative estimate of drug-likeness (QED) is 0.683. The molecule has 2 unspecified atom stereocenters. The Balaban J connectivity index is 1.88. The third-order valence-electron chi connectivity index (χ3n) is 3.91. The molecule has 0 amide bonds. The molecule has 0 aromatic carbocycles. The Labute approximate surface area is 123 Å². The van der Waals surface area contributed by atoms with Gasteiger partial charge in [0.15, 0.2) is 0 Å². The number of carbonyl (C=O) groups is 4. The molecule has 2 atom stereocenters. The Hall–Kier alpha value is -2.24. The summed E-state index contributed by atoms with van der Waals surface area (Å²) in [7, 11) is 0. The van der Waals surface area contributed by atoms with E-state index in [9.17, 15) is 19.2 Å². The minimum atomic E-state index is -0.463. The highest BCUT2D eigenvalue weighted by Gasteiger charge is 2.29. The van der Waals surface area contributed by atoms with Gasteiger partial charge >= 0.3 is 0 Å². The number of rotatable bonds is 4. The average Bonchev–Trinajstić information content (AvgIpc) is 2.47. The van der Waals surface area contributed by atoms with Crippen molar-refractivity contribution in [3.05, 3.63) is 24.6 Å². The first kappa shape index (κ1) is 15.2. The van der Waals surface area contributed by atoms with Gasteiger partial charge in [-0.05, 0) is 20.3 Å². The Morgan fingerprint density at radius 1 is 0.810 bits per heavy atom. The minimum Gasteiger partial charge on any atom is -0.367 e. The molecule has 2 aliphatic heterocycles. The van der Waals surface area contributed by atoms with E-state index in [1.165, 1.54) is 12.2 Å². The van der Waals surface area contributed by atoms with E-state index in [1.54, 1.807) is 26.2 Å². The van der Waals surface area contributed by atoms with Gasteiger partial charge in [0.1, 0.15) is 0 Å². The standard InChI is InChI=1S/C15H18N2O4/c1-10-14(20)12(18)4-8-16(10)6-3-7-17-9-5-13(19)15(21)11(17)2/h4-5,8-11H,3,6-7H2,1-2H3. The van der Waals surface area contributed by atoms with Gasteiger partial charge in [-0.2, -0.15) is 0 Å². The highest BCUT2D eigenvalue weighted by Crippen LogP contribution is 2.12. The van der Waals surface area contributed by atoms with Crippen molar-refractivity contribution in [1.82, 2.24) is 9.80 Å². The van der Waals surface area contributed by atoms with Gasteiger partial charge in [-0.15, -0.1) is 0 Å². The van der Waals surface area contributed by atoms with E-state index in [1.807, 2.05) is 9.80 Å². The number of ketones is 4. The van der Waals surface area contributed by atoms with E-state index in [4.69, 9.17) is 0 Å². The number of allylic oxidation sites excluding steroid dienone is 2. The number of carbonyl (C=O) groups excluding carboxylic acids is 4. The molecule has 0 spiro atoms. The third kappa shape index (κ3) is 3.09. The molecule has 2 heterocycles. The molecule has 0 bridgehead atoms. The molecule has 0 fully saturated rings. The zero-order valence-corrected chi connectivity index (χ0v) is 12.1. The SMILES string of the molecule is CC1C(=O)C(=O)C=CN1CCCN1C=CC(=O)C(=O)C1C. The summed E-state index contributed by atoms with van der Waals surface area (Å²) in [5.74, 6) is -1.72. The second-order valence-corrected chi connectivity index (χ2v) is 5.27. The maximum absolute atomic E-state index is 11.6. The van der Waals surface area contributed by atoms with Gasteiger partial charge in [0, 0.05) is 37.6 Å². The molecule has 0 aromatic rings. The molecule has 0 saturated heterocycles. The number of Topliss-reactive ketones (excluding diaryl/α,β-unsaturated/α-hetero) is 2. The molecule has 6 nitrogen and oxygen atoms in total. The van der Waals surface area contributed by atoms with Gasteiger partial charge in [-0.25, -0.2) is 0 Å². The molecule has 0 radical (unpaired) electrons. The molecule has 0 aromatic heterocycles. The van der Waals surface area contributed by atoms with E-state index >= 15 is 0 Å². The van der Waals surface area contributed by atoms with Gasteiger partial charge in [-0.3, -0.25) is 19.2 Å². The van der Waals surface area contributed by atoms with Crippen molar-refractivity contribution in [3.8, 4) is 0 Å².